The van der Waals surface area contributed by atoms with Crippen molar-refractivity contribution in [3.05, 3.63) is 97.2 Å². The molecule has 0 aromatic carbocycles. The Morgan fingerprint density at radius 3 is 1.30 bits per heavy atom. The molecule has 1 amide bonds. The van der Waals surface area contributed by atoms with Crippen LogP contribution in [0, 0.1) is 0 Å². The molecule has 0 aromatic heterocycles. The molecule has 0 bridgehead atoms. The van der Waals surface area contributed by atoms with Gasteiger partial charge >= 0.3 is 13.8 Å². The van der Waals surface area contributed by atoms with Gasteiger partial charge in [0.25, 0.3) is 0 Å². The van der Waals surface area contributed by atoms with Gasteiger partial charge in [0, 0.05) is 12.8 Å². The molecule has 0 spiro atoms. The van der Waals surface area contributed by atoms with Gasteiger partial charge in [0.1, 0.15) is 19.3 Å². The number of amides is 1. The van der Waals surface area contributed by atoms with Crippen LogP contribution in [0.5, 0.6) is 0 Å². The largest absolute Gasteiger partial charge is 0.472 e. The number of likely N-dealkylation sites (N-methyl/N-ethyl adjacent to an activating group) is 1. The van der Waals surface area contributed by atoms with Crippen molar-refractivity contribution in [3.8, 4) is 0 Å². The zero-order valence-electron chi connectivity index (χ0n) is 50.7. The smallest absolute Gasteiger partial charge is 0.456 e. The number of unbranched alkanes of at least 4 members (excludes halogenated alkanes) is 31. The lowest BCUT2D eigenvalue weighted by molar-refractivity contribution is -0.870. The van der Waals surface area contributed by atoms with Gasteiger partial charge in [-0.15, -0.1) is 0 Å². The number of nitrogens with one attached hydrogen (secondary N) is 1. The molecule has 10 heteroatoms. The van der Waals surface area contributed by atoms with Crippen LogP contribution in [0.15, 0.2) is 97.2 Å². The zero-order chi connectivity index (χ0) is 56.4. The number of carbonyl (C=O) groups excluding carboxylic acids is 2. The first kappa shape index (κ1) is 73.9. The van der Waals surface area contributed by atoms with Gasteiger partial charge in [-0.2, -0.15) is 0 Å². The lowest BCUT2D eigenvalue weighted by atomic mass is 10.0. The Morgan fingerprint density at radius 2 is 0.844 bits per heavy atom. The molecule has 0 rings (SSSR count). The van der Waals surface area contributed by atoms with Crippen LogP contribution < -0.4 is 5.32 Å². The standard InChI is InChI=1S/C67H119N2O7P/c1-7-10-13-16-19-22-25-28-30-32-33-34-35-37-38-41-44-47-50-53-56-59-66(70)68-64(63-75-77(72,73)74-62-61-69(4,5)6)65(58-55-52-49-46-43-40-27-24-21-18-15-12-9-3)76-67(71)60-57-54-51-48-45-42-39-36-31-29-26-23-20-17-14-11-8-2/h11,14,17,20,23,26,28-31,36,39,42,45,55,58,64-65H,7-10,12-13,15-16,18-19,21-22,24-25,27,32-35,37-38,40-41,43-44,46-54,56-57,59-63H2,1-6H3,(H-,68,70,72,73)/p+1/b14-11-,20-17+,26-23+,30-28+,31-29-,39-36+,45-42+,58-55-. The average molecular weight is 1100 g/mol. The van der Waals surface area contributed by atoms with Crippen molar-refractivity contribution in [1.82, 2.24) is 5.32 Å². The molecule has 2 N–H and O–H groups in total. The Bertz CT molecular complexity index is 1640. The zero-order valence-corrected chi connectivity index (χ0v) is 51.6. The molecule has 77 heavy (non-hydrogen) atoms. The third-order valence-corrected chi connectivity index (χ3v) is 14.7. The van der Waals surface area contributed by atoms with E-state index >= 15 is 0 Å². The number of nitrogens with zero attached hydrogens (tertiary/aromatic N) is 1. The lowest BCUT2D eigenvalue weighted by Crippen LogP contribution is -2.47. The van der Waals surface area contributed by atoms with Gasteiger partial charge in [-0.25, -0.2) is 4.57 Å². The van der Waals surface area contributed by atoms with Crippen molar-refractivity contribution < 1.29 is 37.3 Å². The van der Waals surface area contributed by atoms with Crippen LogP contribution in [-0.4, -0.2) is 74.3 Å². The maximum absolute atomic E-state index is 13.6. The molecule has 0 aliphatic rings. The summed E-state index contributed by atoms with van der Waals surface area (Å²) in [4.78, 5) is 37.7. The molecule has 0 saturated heterocycles. The summed E-state index contributed by atoms with van der Waals surface area (Å²) in [6.45, 7) is 6.84. The van der Waals surface area contributed by atoms with Gasteiger partial charge in [0.15, 0.2) is 0 Å². The summed E-state index contributed by atoms with van der Waals surface area (Å²) < 4.78 is 30.7. The third kappa shape index (κ3) is 57.4. The van der Waals surface area contributed by atoms with Crippen molar-refractivity contribution >= 4 is 19.7 Å². The lowest BCUT2D eigenvalue weighted by Gasteiger charge is -2.27. The Labute approximate surface area is 475 Å². The van der Waals surface area contributed by atoms with Crippen LogP contribution in [0.3, 0.4) is 0 Å². The number of hydrogen-bond donors (Lipinski definition) is 2. The maximum Gasteiger partial charge on any atom is 0.472 e. The predicted molar refractivity (Wildman–Crippen MR) is 332 cm³/mol. The van der Waals surface area contributed by atoms with Crippen molar-refractivity contribution in [2.75, 3.05) is 40.9 Å². The Morgan fingerprint density at radius 1 is 0.468 bits per heavy atom. The molecule has 0 heterocycles. The number of hydrogen-bond acceptors (Lipinski definition) is 6. The minimum Gasteiger partial charge on any atom is -0.456 e. The van der Waals surface area contributed by atoms with Gasteiger partial charge in [-0.1, -0.05) is 272 Å². The number of rotatable bonds is 56. The molecule has 0 saturated carbocycles. The van der Waals surface area contributed by atoms with E-state index in [1.807, 2.05) is 94.1 Å². The third-order valence-electron chi connectivity index (χ3n) is 13.7. The second kappa shape index (κ2) is 56.2. The number of phosphoric ester groups is 1. The van der Waals surface area contributed by atoms with E-state index in [1.54, 1.807) is 0 Å². The molecular weight excluding hydrogens is 976 g/mol. The Kier molecular flexibility index (Phi) is 54.0. The summed E-state index contributed by atoms with van der Waals surface area (Å²) in [6, 6.07) is -0.872. The normalized spacial score (nSPS) is 14.3. The van der Waals surface area contributed by atoms with E-state index in [2.05, 4.69) is 50.4 Å². The molecule has 3 atom stereocenters. The topological polar surface area (TPSA) is 111 Å². The first-order valence-electron chi connectivity index (χ1n) is 31.6. The van der Waals surface area contributed by atoms with Crippen LogP contribution in [-0.2, 0) is 27.9 Å². The number of phosphoric acid groups is 1. The van der Waals surface area contributed by atoms with Crippen LogP contribution in [0.1, 0.15) is 265 Å². The molecule has 444 valence electrons. The van der Waals surface area contributed by atoms with E-state index < -0.39 is 20.0 Å². The monoisotopic (exact) mass is 1100 g/mol. The molecule has 0 aromatic rings. The van der Waals surface area contributed by atoms with E-state index in [1.165, 1.54) is 161 Å². The first-order chi connectivity index (χ1) is 37.4. The Balaban J connectivity index is 5.32. The SMILES string of the molecule is CC\C=C/C=C/C=C/C=C\C=C\C=C\CCCCCC(=O)OC(/C=C\CCCCCCCCCCCCC)C(COP(=O)(O)OCC[N+](C)(C)C)NC(=O)CCCCCCCCCCCCC/C=C/CCCCCCCC. The number of esters is 1. The number of quaternary nitrogens is 1. The maximum atomic E-state index is 13.6. The summed E-state index contributed by atoms with van der Waals surface area (Å²) in [7, 11) is 1.46. The van der Waals surface area contributed by atoms with Crippen LogP contribution in [0.2, 0.25) is 0 Å². The second-order valence-corrected chi connectivity index (χ2v) is 23.8. The fourth-order valence-corrected chi connectivity index (χ4v) is 9.53. The van der Waals surface area contributed by atoms with Crippen molar-refractivity contribution in [2.45, 2.75) is 277 Å². The van der Waals surface area contributed by atoms with Crippen molar-refractivity contribution in [2.24, 2.45) is 0 Å². The van der Waals surface area contributed by atoms with E-state index in [9.17, 15) is 19.0 Å². The highest BCUT2D eigenvalue weighted by atomic mass is 31.2. The molecule has 3 unspecified atom stereocenters. The van der Waals surface area contributed by atoms with Gasteiger partial charge < -0.3 is 19.4 Å². The minimum atomic E-state index is -4.47. The predicted octanol–water partition coefficient (Wildman–Crippen LogP) is 19.6. The van der Waals surface area contributed by atoms with E-state index in [0.29, 0.717) is 23.9 Å². The highest BCUT2D eigenvalue weighted by Crippen LogP contribution is 2.43. The van der Waals surface area contributed by atoms with Crippen LogP contribution in [0.25, 0.3) is 0 Å². The number of allylic oxidation sites excluding steroid dienone is 15. The van der Waals surface area contributed by atoms with Crippen LogP contribution >= 0.6 is 7.82 Å². The van der Waals surface area contributed by atoms with Gasteiger partial charge in [0.05, 0.1) is 33.8 Å². The van der Waals surface area contributed by atoms with Crippen molar-refractivity contribution in [1.29, 1.82) is 0 Å². The van der Waals surface area contributed by atoms with Gasteiger partial charge in [-0.3, -0.25) is 18.6 Å². The summed E-state index contributed by atoms with van der Waals surface area (Å²) in [5, 5.41) is 3.05. The second-order valence-electron chi connectivity index (χ2n) is 22.4. The molecule has 0 radical (unpaired) electrons. The first-order valence-corrected chi connectivity index (χ1v) is 33.1. The summed E-state index contributed by atoms with van der Waals surface area (Å²) >= 11 is 0. The molecule has 0 aliphatic heterocycles. The van der Waals surface area contributed by atoms with E-state index in [0.717, 1.165) is 64.2 Å². The highest BCUT2D eigenvalue weighted by molar-refractivity contribution is 7.47. The summed E-state index contributed by atoms with van der Waals surface area (Å²) in [6.07, 6.45) is 75.5. The van der Waals surface area contributed by atoms with E-state index in [4.69, 9.17) is 13.8 Å². The molecule has 9 nitrogen and oxygen atoms in total. The average Bonchev–Trinajstić information content (AvgIpc) is 3.39. The Hall–Kier alpha value is -3.07. The number of ether oxygens (including phenoxy) is 1. The summed E-state index contributed by atoms with van der Waals surface area (Å²) in [5.74, 6) is -0.557. The molecule has 0 fully saturated rings. The fourth-order valence-electron chi connectivity index (χ4n) is 8.79. The molecule has 0 aliphatic carbocycles. The van der Waals surface area contributed by atoms with Gasteiger partial charge in [0.2, 0.25) is 5.91 Å². The molecular formula is C67H120N2O7P+. The quantitative estimate of drug-likeness (QED) is 0.0156. The number of carbonyl (C=O) groups is 2. The highest BCUT2D eigenvalue weighted by Gasteiger charge is 2.30. The van der Waals surface area contributed by atoms with Crippen molar-refractivity contribution in [3.63, 3.8) is 0 Å². The summed E-state index contributed by atoms with van der Waals surface area (Å²) in [5.41, 5.74) is 0. The minimum absolute atomic E-state index is 0.0285. The van der Waals surface area contributed by atoms with E-state index in [-0.39, 0.29) is 31.5 Å². The fraction of sp³-hybridized carbons (Fsp3) is 0.731. The van der Waals surface area contributed by atoms with Crippen LogP contribution in [0.4, 0.5) is 0 Å². The van der Waals surface area contributed by atoms with Gasteiger partial charge in [-0.05, 0) is 76.7 Å².